The van der Waals surface area contributed by atoms with Gasteiger partial charge >= 0.3 is 0 Å². The van der Waals surface area contributed by atoms with Crippen LogP contribution < -0.4 is 10.2 Å². The van der Waals surface area contributed by atoms with Gasteiger partial charge in [-0.15, -0.1) is 0 Å². The lowest BCUT2D eigenvalue weighted by atomic mass is 10.2. The number of carbonyl (C=O) groups excluding carboxylic acids is 1. The standard InChI is InChI=1S/C15H12N2O2S/c1-9-6-7-10(19-9)8-13-14(18)17-12-5-3-2-4-11(12)16-15(17)20-13/h2-8,15-16H,1H3/b13-8-/t15-/m0/s1. The molecule has 0 unspecified atom stereocenters. The zero-order valence-electron chi connectivity index (χ0n) is 10.8. The second-order valence-corrected chi connectivity index (χ2v) is 5.89. The van der Waals surface area contributed by atoms with Crippen LogP contribution >= 0.6 is 11.8 Å². The molecule has 20 heavy (non-hydrogen) atoms. The fraction of sp³-hybridized carbons (Fsp3) is 0.133. The van der Waals surface area contributed by atoms with Crippen LogP contribution in [0.4, 0.5) is 11.4 Å². The monoisotopic (exact) mass is 284 g/mol. The molecule has 5 heteroatoms. The highest BCUT2D eigenvalue weighted by Gasteiger charge is 2.42. The van der Waals surface area contributed by atoms with Crippen molar-refractivity contribution < 1.29 is 9.21 Å². The van der Waals surface area contributed by atoms with E-state index in [4.69, 9.17) is 4.42 Å². The molecule has 1 amide bonds. The molecule has 0 aliphatic carbocycles. The van der Waals surface area contributed by atoms with Crippen molar-refractivity contribution in [3.05, 3.63) is 52.8 Å². The first-order valence-corrected chi connectivity index (χ1v) is 7.24. The molecule has 4 nitrogen and oxygen atoms in total. The Hall–Kier alpha value is -2.14. The maximum Gasteiger partial charge on any atom is 0.267 e. The van der Waals surface area contributed by atoms with E-state index >= 15 is 0 Å². The fourth-order valence-corrected chi connectivity index (χ4v) is 3.60. The third-order valence-corrected chi connectivity index (χ3v) is 4.48. The Morgan fingerprint density at radius 2 is 2.15 bits per heavy atom. The largest absolute Gasteiger partial charge is 0.462 e. The number of furan rings is 1. The van der Waals surface area contributed by atoms with Gasteiger partial charge in [-0.05, 0) is 31.2 Å². The number of para-hydroxylation sites is 2. The quantitative estimate of drug-likeness (QED) is 0.815. The third-order valence-electron chi connectivity index (χ3n) is 3.38. The average Bonchev–Trinajstić information content (AvgIpc) is 3.07. The normalized spacial score (nSPS) is 22.1. The van der Waals surface area contributed by atoms with Gasteiger partial charge < -0.3 is 9.73 Å². The van der Waals surface area contributed by atoms with Crippen molar-refractivity contribution in [3.63, 3.8) is 0 Å². The lowest BCUT2D eigenvalue weighted by molar-refractivity contribution is -0.114. The minimum atomic E-state index is -0.0535. The number of benzene rings is 1. The molecule has 1 atom stereocenters. The average molecular weight is 284 g/mol. The SMILES string of the molecule is Cc1ccc(/C=C2\S[C@H]3Nc4ccccc4N3C2=O)o1. The molecule has 4 rings (SSSR count). The highest BCUT2D eigenvalue weighted by molar-refractivity contribution is 8.05. The van der Waals surface area contributed by atoms with Crippen LogP contribution in [0.15, 0.2) is 45.7 Å². The number of thioether (sulfide) groups is 1. The van der Waals surface area contributed by atoms with Crippen LogP contribution in [0.1, 0.15) is 11.5 Å². The Labute approximate surface area is 120 Å². The number of rotatable bonds is 1. The summed E-state index contributed by atoms with van der Waals surface area (Å²) in [7, 11) is 0. The van der Waals surface area contributed by atoms with Crippen LogP contribution in [-0.2, 0) is 4.79 Å². The van der Waals surface area contributed by atoms with Crippen LogP contribution in [-0.4, -0.2) is 11.4 Å². The summed E-state index contributed by atoms with van der Waals surface area (Å²) in [5, 5.41) is 3.34. The molecule has 0 spiro atoms. The van der Waals surface area contributed by atoms with E-state index in [0.29, 0.717) is 10.7 Å². The molecule has 1 fully saturated rings. The highest BCUT2D eigenvalue weighted by atomic mass is 32.2. The summed E-state index contributed by atoms with van der Waals surface area (Å²) in [6.07, 6.45) is 1.81. The molecule has 100 valence electrons. The van der Waals surface area contributed by atoms with Crippen LogP contribution in [0.3, 0.4) is 0 Å². The summed E-state index contributed by atoms with van der Waals surface area (Å²) in [5.74, 6) is 1.58. The van der Waals surface area contributed by atoms with Gasteiger partial charge in [-0.1, -0.05) is 23.9 Å². The van der Waals surface area contributed by atoms with Crippen molar-refractivity contribution in [2.45, 2.75) is 12.4 Å². The molecule has 0 bridgehead atoms. The molecular weight excluding hydrogens is 272 g/mol. The van der Waals surface area contributed by atoms with E-state index in [-0.39, 0.29) is 11.4 Å². The molecule has 1 aromatic heterocycles. The van der Waals surface area contributed by atoms with E-state index in [2.05, 4.69) is 5.32 Å². The Morgan fingerprint density at radius 3 is 2.95 bits per heavy atom. The Kier molecular flexibility index (Phi) is 2.44. The first-order valence-electron chi connectivity index (χ1n) is 6.36. The number of fused-ring (bicyclic) bond motifs is 3. The molecule has 2 aliphatic rings. The maximum atomic E-state index is 12.5. The maximum absolute atomic E-state index is 12.5. The van der Waals surface area contributed by atoms with Crippen molar-refractivity contribution in [2.75, 3.05) is 10.2 Å². The molecule has 1 saturated heterocycles. The summed E-state index contributed by atoms with van der Waals surface area (Å²) in [5.41, 5.74) is 1.89. The summed E-state index contributed by atoms with van der Waals surface area (Å²) in [4.78, 5) is 15.0. The van der Waals surface area contributed by atoms with Gasteiger partial charge in [0, 0.05) is 6.08 Å². The Bertz CT molecular complexity index is 735. The van der Waals surface area contributed by atoms with Crippen molar-refractivity contribution >= 4 is 35.1 Å². The van der Waals surface area contributed by atoms with E-state index in [1.165, 1.54) is 11.8 Å². The Balaban J connectivity index is 1.70. The summed E-state index contributed by atoms with van der Waals surface area (Å²) >= 11 is 1.52. The van der Waals surface area contributed by atoms with Crippen LogP contribution in [0.25, 0.3) is 6.08 Å². The zero-order chi connectivity index (χ0) is 13.7. The molecule has 3 heterocycles. The predicted molar refractivity (Wildman–Crippen MR) is 80.4 cm³/mol. The molecule has 1 aromatic carbocycles. The highest BCUT2D eigenvalue weighted by Crippen LogP contribution is 2.46. The van der Waals surface area contributed by atoms with Gasteiger partial charge in [0.2, 0.25) is 0 Å². The van der Waals surface area contributed by atoms with Crippen molar-refractivity contribution in [1.82, 2.24) is 0 Å². The summed E-state index contributed by atoms with van der Waals surface area (Å²) in [6.45, 7) is 1.89. The van der Waals surface area contributed by atoms with E-state index < -0.39 is 0 Å². The first-order chi connectivity index (χ1) is 9.72. The molecule has 1 N–H and O–H groups in total. The van der Waals surface area contributed by atoms with E-state index in [1.54, 1.807) is 4.90 Å². The van der Waals surface area contributed by atoms with Gasteiger partial charge in [0.15, 0.2) is 5.50 Å². The number of nitrogens with zero attached hydrogens (tertiary/aromatic N) is 1. The van der Waals surface area contributed by atoms with Gasteiger partial charge in [0.1, 0.15) is 11.5 Å². The number of nitrogens with one attached hydrogen (secondary N) is 1. The zero-order valence-corrected chi connectivity index (χ0v) is 11.6. The lowest BCUT2D eigenvalue weighted by Crippen LogP contribution is -2.31. The number of amides is 1. The number of hydrogen-bond donors (Lipinski definition) is 1. The van der Waals surface area contributed by atoms with Gasteiger partial charge in [-0.2, -0.15) is 0 Å². The lowest BCUT2D eigenvalue weighted by Gasteiger charge is -2.12. The van der Waals surface area contributed by atoms with Gasteiger partial charge in [-0.25, -0.2) is 0 Å². The van der Waals surface area contributed by atoms with Gasteiger partial charge in [0.05, 0.1) is 16.3 Å². The molecule has 0 saturated carbocycles. The predicted octanol–water partition coefficient (Wildman–Crippen LogP) is 3.42. The van der Waals surface area contributed by atoms with Crippen molar-refractivity contribution in [1.29, 1.82) is 0 Å². The number of anilines is 2. The van der Waals surface area contributed by atoms with E-state index in [1.807, 2.05) is 49.4 Å². The molecule has 0 radical (unpaired) electrons. The number of aryl methyl sites for hydroxylation is 1. The summed E-state index contributed by atoms with van der Waals surface area (Å²) < 4.78 is 5.50. The second kappa shape index (κ2) is 4.18. The summed E-state index contributed by atoms with van der Waals surface area (Å²) in [6, 6.07) is 11.6. The van der Waals surface area contributed by atoms with Crippen molar-refractivity contribution in [3.8, 4) is 0 Å². The van der Waals surface area contributed by atoms with E-state index in [0.717, 1.165) is 17.1 Å². The van der Waals surface area contributed by atoms with Crippen molar-refractivity contribution in [2.24, 2.45) is 0 Å². The van der Waals surface area contributed by atoms with Crippen LogP contribution in [0, 0.1) is 6.92 Å². The minimum absolute atomic E-state index is 0.0199. The second-order valence-electron chi connectivity index (χ2n) is 4.76. The fourth-order valence-electron chi connectivity index (χ4n) is 2.47. The van der Waals surface area contributed by atoms with Crippen LogP contribution in [0.2, 0.25) is 0 Å². The Morgan fingerprint density at radius 1 is 1.30 bits per heavy atom. The molecule has 2 aliphatic heterocycles. The van der Waals surface area contributed by atoms with E-state index in [9.17, 15) is 4.79 Å². The van der Waals surface area contributed by atoms with Gasteiger partial charge in [-0.3, -0.25) is 9.69 Å². The topological polar surface area (TPSA) is 45.5 Å². The molecular formula is C15H12N2O2S. The number of carbonyl (C=O) groups is 1. The van der Waals surface area contributed by atoms with Crippen LogP contribution in [0.5, 0.6) is 0 Å². The minimum Gasteiger partial charge on any atom is -0.462 e. The number of hydrogen-bond acceptors (Lipinski definition) is 4. The molecule has 2 aromatic rings. The smallest absolute Gasteiger partial charge is 0.267 e. The first kappa shape index (κ1) is 11.7. The van der Waals surface area contributed by atoms with Gasteiger partial charge in [0.25, 0.3) is 5.91 Å². The third kappa shape index (κ3) is 1.67.